The number of hydrogen-bond donors (Lipinski definition) is 1. The van der Waals surface area contributed by atoms with Crippen molar-refractivity contribution in [1.82, 2.24) is 5.32 Å². The van der Waals surface area contributed by atoms with Crippen LogP contribution in [0.15, 0.2) is 24.3 Å². The van der Waals surface area contributed by atoms with Crippen molar-refractivity contribution in [2.75, 3.05) is 20.2 Å². The van der Waals surface area contributed by atoms with Crippen LogP contribution in [0.3, 0.4) is 0 Å². The van der Waals surface area contributed by atoms with Crippen LogP contribution >= 0.6 is 0 Å². The molecule has 1 fully saturated rings. The first kappa shape index (κ1) is 11.5. The lowest BCUT2D eigenvalue weighted by Gasteiger charge is -2.13. The zero-order valence-corrected chi connectivity index (χ0v) is 10.0. The molecule has 2 heteroatoms. The Morgan fingerprint density at radius 1 is 1.31 bits per heavy atom. The highest BCUT2D eigenvalue weighted by Crippen LogP contribution is 2.21. The van der Waals surface area contributed by atoms with Crippen LogP contribution in [-0.2, 0) is 6.42 Å². The number of nitrogens with one attached hydrogen (secondary N) is 1. The lowest BCUT2D eigenvalue weighted by Crippen LogP contribution is -2.14. The van der Waals surface area contributed by atoms with E-state index in [2.05, 4.69) is 23.5 Å². The van der Waals surface area contributed by atoms with Crippen LogP contribution < -0.4 is 10.1 Å². The van der Waals surface area contributed by atoms with Gasteiger partial charge in [0.05, 0.1) is 7.11 Å². The van der Waals surface area contributed by atoms with Crippen LogP contribution in [0.1, 0.15) is 24.8 Å². The summed E-state index contributed by atoms with van der Waals surface area (Å²) in [7, 11) is 1.73. The van der Waals surface area contributed by atoms with Gasteiger partial charge in [-0.3, -0.25) is 0 Å². The Morgan fingerprint density at radius 2 is 2.25 bits per heavy atom. The predicted octanol–water partition coefficient (Wildman–Crippen LogP) is 2.63. The summed E-state index contributed by atoms with van der Waals surface area (Å²) in [6.07, 6.45) is 5.16. The van der Waals surface area contributed by atoms with Gasteiger partial charge >= 0.3 is 0 Å². The number of rotatable bonds is 3. The molecule has 0 amide bonds. The fourth-order valence-electron chi connectivity index (χ4n) is 2.43. The highest BCUT2D eigenvalue weighted by Gasteiger charge is 2.12. The highest BCUT2D eigenvalue weighted by atomic mass is 16.5. The van der Waals surface area contributed by atoms with Gasteiger partial charge in [0.15, 0.2) is 0 Å². The monoisotopic (exact) mass is 219 g/mol. The van der Waals surface area contributed by atoms with Gasteiger partial charge in [-0.25, -0.2) is 0 Å². The van der Waals surface area contributed by atoms with Crippen molar-refractivity contribution in [2.45, 2.75) is 25.7 Å². The minimum atomic E-state index is 0.835. The molecule has 1 saturated heterocycles. The molecule has 1 aromatic carbocycles. The molecule has 0 saturated carbocycles. The second kappa shape index (κ2) is 5.90. The van der Waals surface area contributed by atoms with Gasteiger partial charge < -0.3 is 10.1 Å². The van der Waals surface area contributed by atoms with E-state index in [4.69, 9.17) is 4.74 Å². The normalized spacial score (nSPS) is 21.4. The van der Waals surface area contributed by atoms with E-state index in [1.165, 1.54) is 44.3 Å². The average molecular weight is 219 g/mol. The first-order chi connectivity index (χ1) is 7.88. The number of methoxy groups -OCH3 is 1. The molecule has 1 aliphatic rings. The lowest BCUT2D eigenvalue weighted by atomic mass is 9.93. The van der Waals surface area contributed by atoms with Crippen LogP contribution in [0.2, 0.25) is 0 Å². The fourth-order valence-corrected chi connectivity index (χ4v) is 2.43. The van der Waals surface area contributed by atoms with Crippen molar-refractivity contribution in [1.29, 1.82) is 0 Å². The maximum atomic E-state index is 5.26. The number of hydrogen-bond acceptors (Lipinski definition) is 2. The summed E-state index contributed by atoms with van der Waals surface area (Å²) in [5.41, 5.74) is 1.41. The van der Waals surface area contributed by atoms with Gasteiger partial charge in [-0.15, -0.1) is 0 Å². The van der Waals surface area contributed by atoms with Crippen LogP contribution in [0, 0.1) is 5.92 Å². The maximum Gasteiger partial charge on any atom is 0.119 e. The molecule has 1 N–H and O–H groups in total. The largest absolute Gasteiger partial charge is 0.497 e. The summed E-state index contributed by atoms with van der Waals surface area (Å²) in [6, 6.07) is 8.47. The van der Waals surface area contributed by atoms with Gasteiger partial charge in [0, 0.05) is 0 Å². The average Bonchev–Trinajstić information content (AvgIpc) is 2.58. The molecule has 1 unspecified atom stereocenters. The number of benzene rings is 1. The second-order valence-corrected chi connectivity index (χ2v) is 4.60. The van der Waals surface area contributed by atoms with E-state index in [9.17, 15) is 0 Å². The molecular weight excluding hydrogens is 198 g/mol. The van der Waals surface area contributed by atoms with Gasteiger partial charge in [-0.05, 0) is 62.4 Å². The Balaban J connectivity index is 1.96. The van der Waals surface area contributed by atoms with Crippen LogP contribution in [0.25, 0.3) is 0 Å². The molecule has 1 heterocycles. The maximum absolute atomic E-state index is 5.26. The minimum Gasteiger partial charge on any atom is -0.497 e. The fraction of sp³-hybridized carbons (Fsp3) is 0.571. The molecule has 0 aromatic heterocycles. The molecule has 16 heavy (non-hydrogen) atoms. The van der Waals surface area contributed by atoms with Crippen molar-refractivity contribution in [3.05, 3.63) is 29.8 Å². The van der Waals surface area contributed by atoms with E-state index < -0.39 is 0 Å². The minimum absolute atomic E-state index is 0.835. The molecule has 2 nitrogen and oxygen atoms in total. The van der Waals surface area contributed by atoms with E-state index in [1.807, 2.05) is 6.07 Å². The lowest BCUT2D eigenvalue weighted by molar-refractivity contribution is 0.412. The molecule has 1 atom stereocenters. The molecule has 1 aliphatic heterocycles. The Labute approximate surface area is 98.0 Å². The summed E-state index contributed by atoms with van der Waals surface area (Å²) >= 11 is 0. The van der Waals surface area contributed by atoms with E-state index in [0.717, 1.165) is 11.7 Å². The van der Waals surface area contributed by atoms with Gasteiger partial charge in [-0.1, -0.05) is 12.1 Å². The molecular formula is C14H21NO. The Hall–Kier alpha value is -1.02. The molecule has 0 spiro atoms. The topological polar surface area (TPSA) is 21.3 Å². The van der Waals surface area contributed by atoms with Crippen LogP contribution in [0.5, 0.6) is 5.75 Å². The molecule has 2 rings (SSSR count). The first-order valence-electron chi connectivity index (χ1n) is 6.22. The summed E-state index contributed by atoms with van der Waals surface area (Å²) in [6.45, 7) is 2.36. The molecule has 0 aliphatic carbocycles. The molecule has 88 valence electrons. The predicted molar refractivity (Wildman–Crippen MR) is 66.9 cm³/mol. The van der Waals surface area contributed by atoms with Crippen molar-refractivity contribution in [3.8, 4) is 5.75 Å². The quantitative estimate of drug-likeness (QED) is 0.843. The van der Waals surface area contributed by atoms with Gasteiger partial charge in [-0.2, -0.15) is 0 Å². The third-order valence-corrected chi connectivity index (χ3v) is 3.35. The van der Waals surface area contributed by atoms with E-state index in [0.29, 0.717) is 0 Å². The number of ether oxygens (including phenoxy) is 1. The molecule has 1 aromatic rings. The van der Waals surface area contributed by atoms with Crippen molar-refractivity contribution in [2.24, 2.45) is 5.92 Å². The standard InChI is InChI=1S/C14H21NO/c1-16-14-6-2-4-13(11-14)10-12-5-3-8-15-9-7-12/h2,4,6,11-12,15H,3,5,7-10H2,1H3. The zero-order valence-electron chi connectivity index (χ0n) is 10.0. The molecule has 0 radical (unpaired) electrons. The van der Waals surface area contributed by atoms with Gasteiger partial charge in [0.1, 0.15) is 5.75 Å². The Kier molecular flexibility index (Phi) is 4.23. The SMILES string of the molecule is COc1cccc(CC2CCCNCC2)c1. The second-order valence-electron chi connectivity index (χ2n) is 4.60. The third-order valence-electron chi connectivity index (χ3n) is 3.35. The van der Waals surface area contributed by atoms with Crippen molar-refractivity contribution >= 4 is 0 Å². The van der Waals surface area contributed by atoms with Crippen LogP contribution in [0.4, 0.5) is 0 Å². The van der Waals surface area contributed by atoms with E-state index >= 15 is 0 Å². The summed E-state index contributed by atoms with van der Waals surface area (Å²) in [5, 5.41) is 3.46. The Morgan fingerprint density at radius 3 is 3.12 bits per heavy atom. The first-order valence-corrected chi connectivity index (χ1v) is 6.22. The van der Waals surface area contributed by atoms with Crippen molar-refractivity contribution < 1.29 is 4.74 Å². The smallest absolute Gasteiger partial charge is 0.119 e. The Bertz CT molecular complexity index is 316. The van der Waals surface area contributed by atoms with Gasteiger partial charge in [0.2, 0.25) is 0 Å². The zero-order chi connectivity index (χ0) is 11.2. The van der Waals surface area contributed by atoms with E-state index in [-0.39, 0.29) is 0 Å². The molecule has 0 bridgehead atoms. The van der Waals surface area contributed by atoms with Crippen LogP contribution in [-0.4, -0.2) is 20.2 Å². The van der Waals surface area contributed by atoms with E-state index in [1.54, 1.807) is 7.11 Å². The third kappa shape index (κ3) is 3.24. The summed E-state index contributed by atoms with van der Waals surface area (Å²) in [5.74, 6) is 1.81. The summed E-state index contributed by atoms with van der Waals surface area (Å²) < 4.78 is 5.26. The van der Waals surface area contributed by atoms with Crippen molar-refractivity contribution in [3.63, 3.8) is 0 Å². The highest BCUT2D eigenvalue weighted by molar-refractivity contribution is 5.28. The summed E-state index contributed by atoms with van der Waals surface area (Å²) in [4.78, 5) is 0. The van der Waals surface area contributed by atoms with Gasteiger partial charge in [0.25, 0.3) is 0 Å².